The number of aromatic nitrogens is 1. The molecule has 5 nitrogen and oxygen atoms in total. The minimum absolute atomic E-state index is 0.337. The van der Waals surface area contributed by atoms with E-state index < -0.39 is 10.0 Å². The summed E-state index contributed by atoms with van der Waals surface area (Å²) in [6.07, 6.45) is 4.13. The molecule has 1 N–H and O–H groups in total. The minimum Gasteiger partial charge on any atom is -0.369 e. The molecule has 0 bridgehead atoms. The summed E-state index contributed by atoms with van der Waals surface area (Å²) in [7, 11) is -3.18. The Bertz CT molecular complexity index is 521. The monoisotopic (exact) mass is 333 g/mol. The highest BCUT2D eigenvalue weighted by Crippen LogP contribution is 2.24. The molecule has 2 rings (SSSR count). The van der Waals surface area contributed by atoms with Gasteiger partial charge in [-0.3, -0.25) is 4.98 Å². The van der Waals surface area contributed by atoms with Crippen LogP contribution < -0.4 is 9.62 Å². The lowest BCUT2D eigenvalue weighted by Crippen LogP contribution is -2.36. The summed E-state index contributed by atoms with van der Waals surface area (Å²) in [5.41, 5.74) is 0.957. The van der Waals surface area contributed by atoms with Crippen LogP contribution in [-0.2, 0) is 10.0 Å². The Morgan fingerprint density at radius 3 is 3.00 bits per heavy atom. The number of halogens is 1. The zero-order valence-corrected chi connectivity index (χ0v) is 12.5. The van der Waals surface area contributed by atoms with Crippen LogP contribution in [0.5, 0.6) is 0 Å². The SMILES string of the molecule is CCNS(=O)(=O)[C@@H]1CCN(c2cncc(Br)c2)C1. The standard InChI is InChI=1S/C11H16BrN3O2S/c1-2-14-18(16,17)11-3-4-15(8-11)10-5-9(12)6-13-7-10/h5-7,11,14H,2-4,8H2,1H3/t11-/m1/s1. The minimum atomic E-state index is -3.18. The summed E-state index contributed by atoms with van der Waals surface area (Å²) in [4.78, 5) is 6.15. The van der Waals surface area contributed by atoms with E-state index in [9.17, 15) is 8.42 Å². The first-order valence-electron chi connectivity index (χ1n) is 5.87. The van der Waals surface area contributed by atoms with Crippen LogP contribution in [-0.4, -0.2) is 38.3 Å². The molecule has 1 aromatic rings. The summed E-state index contributed by atoms with van der Waals surface area (Å²) in [6, 6.07) is 1.95. The van der Waals surface area contributed by atoms with E-state index in [1.807, 2.05) is 6.07 Å². The first-order valence-corrected chi connectivity index (χ1v) is 8.21. The predicted molar refractivity (Wildman–Crippen MR) is 75.2 cm³/mol. The van der Waals surface area contributed by atoms with Gasteiger partial charge in [-0.15, -0.1) is 0 Å². The fraction of sp³-hybridized carbons (Fsp3) is 0.545. The number of pyridine rings is 1. The molecule has 0 saturated carbocycles. The second kappa shape index (κ2) is 5.54. The topological polar surface area (TPSA) is 62.3 Å². The molecule has 2 heterocycles. The number of hydrogen-bond donors (Lipinski definition) is 1. The normalized spacial score (nSPS) is 20.3. The summed E-state index contributed by atoms with van der Waals surface area (Å²) in [5.74, 6) is 0. The Morgan fingerprint density at radius 2 is 2.33 bits per heavy atom. The van der Waals surface area contributed by atoms with Crippen molar-refractivity contribution in [3.63, 3.8) is 0 Å². The van der Waals surface area contributed by atoms with Gasteiger partial charge in [-0.1, -0.05) is 6.92 Å². The number of sulfonamides is 1. The summed E-state index contributed by atoms with van der Waals surface area (Å²) < 4.78 is 27.3. The van der Waals surface area contributed by atoms with E-state index in [0.717, 1.165) is 16.7 Å². The lowest BCUT2D eigenvalue weighted by atomic mass is 10.4. The molecule has 1 aromatic heterocycles. The highest BCUT2D eigenvalue weighted by molar-refractivity contribution is 9.10. The van der Waals surface area contributed by atoms with Crippen molar-refractivity contribution >= 4 is 31.6 Å². The Balaban J connectivity index is 2.09. The van der Waals surface area contributed by atoms with Crippen molar-refractivity contribution in [2.75, 3.05) is 24.5 Å². The molecule has 1 atom stereocenters. The van der Waals surface area contributed by atoms with Crippen molar-refractivity contribution in [1.29, 1.82) is 0 Å². The second-order valence-corrected chi connectivity index (χ2v) is 7.22. The Labute approximate surface area is 116 Å². The van der Waals surface area contributed by atoms with Gasteiger partial charge in [0.05, 0.1) is 17.1 Å². The van der Waals surface area contributed by atoms with Gasteiger partial charge in [0, 0.05) is 30.3 Å². The average molecular weight is 334 g/mol. The summed E-state index contributed by atoms with van der Waals surface area (Å²) in [5, 5.41) is -0.337. The quantitative estimate of drug-likeness (QED) is 0.903. The van der Waals surface area contributed by atoms with Gasteiger partial charge >= 0.3 is 0 Å². The number of anilines is 1. The van der Waals surface area contributed by atoms with Gasteiger partial charge in [-0.25, -0.2) is 13.1 Å². The van der Waals surface area contributed by atoms with Gasteiger partial charge in [0.15, 0.2) is 0 Å². The van der Waals surface area contributed by atoms with E-state index in [1.165, 1.54) is 0 Å². The van der Waals surface area contributed by atoms with E-state index in [4.69, 9.17) is 0 Å². The second-order valence-electron chi connectivity index (χ2n) is 4.26. The van der Waals surface area contributed by atoms with Crippen molar-refractivity contribution in [3.05, 3.63) is 22.9 Å². The van der Waals surface area contributed by atoms with E-state index in [1.54, 1.807) is 19.3 Å². The lowest BCUT2D eigenvalue weighted by molar-refractivity contribution is 0.571. The van der Waals surface area contributed by atoms with Crippen LogP contribution in [0.15, 0.2) is 22.9 Å². The number of nitrogens with zero attached hydrogens (tertiary/aromatic N) is 2. The fourth-order valence-corrected chi connectivity index (χ4v) is 3.89. The molecule has 0 amide bonds. The van der Waals surface area contributed by atoms with Crippen LogP contribution in [0.25, 0.3) is 0 Å². The molecule has 0 spiro atoms. The maximum Gasteiger partial charge on any atom is 0.216 e. The molecule has 0 unspecified atom stereocenters. The van der Waals surface area contributed by atoms with Crippen LogP contribution in [0.2, 0.25) is 0 Å². The molecule has 100 valence electrons. The molecule has 18 heavy (non-hydrogen) atoms. The molecule has 0 aromatic carbocycles. The molecule has 0 radical (unpaired) electrons. The molecule has 1 saturated heterocycles. The van der Waals surface area contributed by atoms with Gasteiger partial charge < -0.3 is 4.90 Å². The van der Waals surface area contributed by atoms with Crippen LogP contribution in [0.1, 0.15) is 13.3 Å². The first-order chi connectivity index (χ1) is 8.53. The Kier molecular flexibility index (Phi) is 4.24. The van der Waals surface area contributed by atoms with Gasteiger partial charge in [0.25, 0.3) is 0 Å². The zero-order chi connectivity index (χ0) is 13.2. The Hall–Kier alpha value is -0.660. The van der Waals surface area contributed by atoms with Gasteiger partial charge in [0.2, 0.25) is 10.0 Å². The highest BCUT2D eigenvalue weighted by Gasteiger charge is 2.32. The first kappa shape index (κ1) is 13.8. The molecule has 1 fully saturated rings. The molecular formula is C11H16BrN3O2S. The highest BCUT2D eigenvalue weighted by atomic mass is 79.9. The average Bonchev–Trinajstić information content (AvgIpc) is 2.78. The van der Waals surface area contributed by atoms with E-state index in [-0.39, 0.29) is 5.25 Å². The molecule has 1 aliphatic heterocycles. The third-order valence-corrected chi connectivity index (χ3v) is 5.37. The Morgan fingerprint density at radius 1 is 1.56 bits per heavy atom. The largest absolute Gasteiger partial charge is 0.369 e. The van der Waals surface area contributed by atoms with Crippen molar-refractivity contribution < 1.29 is 8.42 Å². The van der Waals surface area contributed by atoms with E-state index in [2.05, 4.69) is 30.5 Å². The summed E-state index contributed by atoms with van der Waals surface area (Å²) in [6.45, 7) is 3.50. The van der Waals surface area contributed by atoms with Crippen molar-refractivity contribution in [3.8, 4) is 0 Å². The van der Waals surface area contributed by atoms with Crippen molar-refractivity contribution in [2.45, 2.75) is 18.6 Å². The molecule has 7 heteroatoms. The maximum atomic E-state index is 11.9. The number of nitrogens with one attached hydrogen (secondary N) is 1. The van der Waals surface area contributed by atoms with Crippen LogP contribution in [0.3, 0.4) is 0 Å². The smallest absolute Gasteiger partial charge is 0.216 e. The zero-order valence-electron chi connectivity index (χ0n) is 10.1. The van der Waals surface area contributed by atoms with Crippen molar-refractivity contribution in [1.82, 2.24) is 9.71 Å². The molecule has 0 aliphatic carbocycles. The maximum absolute atomic E-state index is 11.9. The molecular weight excluding hydrogens is 318 g/mol. The third kappa shape index (κ3) is 3.02. The number of hydrogen-bond acceptors (Lipinski definition) is 4. The van der Waals surface area contributed by atoms with Crippen molar-refractivity contribution in [2.24, 2.45) is 0 Å². The third-order valence-electron chi connectivity index (χ3n) is 2.98. The lowest BCUT2D eigenvalue weighted by Gasteiger charge is -2.18. The van der Waals surface area contributed by atoms with Crippen LogP contribution in [0, 0.1) is 0 Å². The summed E-state index contributed by atoms with van der Waals surface area (Å²) >= 11 is 3.37. The van der Waals surface area contributed by atoms with Crippen LogP contribution in [0.4, 0.5) is 5.69 Å². The van der Waals surface area contributed by atoms with Gasteiger partial charge in [-0.05, 0) is 28.4 Å². The van der Waals surface area contributed by atoms with Gasteiger partial charge in [-0.2, -0.15) is 0 Å². The number of rotatable bonds is 4. The molecule has 1 aliphatic rings. The fourth-order valence-electron chi connectivity index (χ4n) is 2.11. The van der Waals surface area contributed by atoms with E-state index in [0.29, 0.717) is 19.5 Å². The van der Waals surface area contributed by atoms with E-state index >= 15 is 0 Å². The van der Waals surface area contributed by atoms with Crippen LogP contribution >= 0.6 is 15.9 Å². The van der Waals surface area contributed by atoms with Gasteiger partial charge in [0.1, 0.15) is 0 Å². The predicted octanol–water partition coefficient (Wildman–Crippen LogP) is 1.36.